The minimum absolute atomic E-state index is 0.0438. The summed E-state index contributed by atoms with van der Waals surface area (Å²) in [6.07, 6.45) is 6.45. The molecule has 3 aromatic rings. The second-order valence-corrected chi connectivity index (χ2v) is 10.7. The molecule has 5 nitrogen and oxygen atoms in total. The number of hydrazone groups is 1. The van der Waals surface area contributed by atoms with Gasteiger partial charge >= 0.3 is 0 Å². The van der Waals surface area contributed by atoms with E-state index in [2.05, 4.69) is 64.3 Å². The third-order valence-corrected chi connectivity index (χ3v) is 8.31. The van der Waals surface area contributed by atoms with Gasteiger partial charge in [-0.2, -0.15) is 5.10 Å². The molecule has 3 aromatic carbocycles. The van der Waals surface area contributed by atoms with Gasteiger partial charge in [0.1, 0.15) is 6.61 Å². The Labute approximate surface area is 214 Å². The summed E-state index contributed by atoms with van der Waals surface area (Å²) in [5, 5.41) is 6.62. The molecule has 0 bridgehead atoms. The van der Waals surface area contributed by atoms with Gasteiger partial charge in [-0.3, -0.25) is 4.79 Å². The van der Waals surface area contributed by atoms with Crippen LogP contribution in [-0.4, -0.2) is 19.2 Å². The number of fused-ring (bicyclic) bond motifs is 2. The quantitative estimate of drug-likeness (QED) is 0.207. The van der Waals surface area contributed by atoms with Gasteiger partial charge in [0.05, 0.1) is 16.9 Å². The van der Waals surface area contributed by atoms with Crippen molar-refractivity contribution in [3.8, 4) is 11.5 Å². The fourth-order valence-electron chi connectivity index (χ4n) is 5.61. The van der Waals surface area contributed by atoms with Gasteiger partial charge in [0.2, 0.25) is 5.91 Å². The third-order valence-electron chi connectivity index (χ3n) is 7.51. The number of ether oxygens (including phenoxy) is 2. The van der Waals surface area contributed by atoms with E-state index < -0.39 is 0 Å². The predicted octanol–water partition coefficient (Wildman–Crippen LogP) is 6.31. The van der Waals surface area contributed by atoms with Crippen LogP contribution in [0, 0.1) is 20.8 Å². The van der Waals surface area contributed by atoms with E-state index >= 15 is 0 Å². The highest BCUT2D eigenvalue weighted by Gasteiger charge is 2.64. The minimum atomic E-state index is 0.0438. The van der Waals surface area contributed by atoms with Crippen LogP contribution in [0.15, 0.2) is 59.7 Å². The van der Waals surface area contributed by atoms with Crippen LogP contribution >= 0.6 is 22.6 Å². The number of hydrogen-bond donors (Lipinski definition) is 1. The molecule has 0 unspecified atom stereocenters. The van der Waals surface area contributed by atoms with E-state index in [-0.39, 0.29) is 17.2 Å². The number of benzene rings is 3. The number of nitrogens with one attached hydrogen (secondary N) is 1. The molecular formula is C28H29IN2O3. The zero-order chi connectivity index (χ0) is 23.7. The van der Waals surface area contributed by atoms with Crippen molar-refractivity contribution < 1.29 is 14.3 Å². The zero-order valence-electron chi connectivity index (χ0n) is 19.5. The maximum Gasteiger partial charge on any atom is 0.244 e. The molecule has 3 atom stereocenters. The average Bonchev–Trinajstić information content (AvgIpc) is 3.48. The molecule has 1 amide bonds. The Kier molecular flexibility index (Phi) is 6.51. The molecule has 5 rings (SSSR count). The molecule has 34 heavy (non-hydrogen) atoms. The van der Waals surface area contributed by atoms with Crippen LogP contribution in [0.1, 0.15) is 43.7 Å². The lowest BCUT2D eigenvalue weighted by molar-refractivity contribution is -0.123. The fraction of sp³-hybridized carbons (Fsp3) is 0.357. The van der Waals surface area contributed by atoms with Gasteiger partial charge in [-0.1, -0.05) is 62.2 Å². The van der Waals surface area contributed by atoms with Crippen molar-refractivity contribution in [3.05, 3.63) is 69.3 Å². The maximum absolute atomic E-state index is 12.7. The summed E-state index contributed by atoms with van der Waals surface area (Å²) in [7, 11) is 1.63. The maximum atomic E-state index is 12.7. The molecule has 2 fully saturated rings. The molecule has 2 aliphatic rings. The van der Waals surface area contributed by atoms with Gasteiger partial charge < -0.3 is 9.47 Å². The summed E-state index contributed by atoms with van der Waals surface area (Å²) in [5.74, 6) is 2.01. The van der Waals surface area contributed by atoms with Crippen molar-refractivity contribution in [2.75, 3.05) is 7.11 Å². The highest BCUT2D eigenvalue weighted by molar-refractivity contribution is 14.1. The van der Waals surface area contributed by atoms with Crippen LogP contribution < -0.4 is 14.9 Å². The van der Waals surface area contributed by atoms with Crippen LogP contribution in [0.2, 0.25) is 0 Å². The van der Waals surface area contributed by atoms with E-state index in [0.29, 0.717) is 24.0 Å². The summed E-state index contributed by atoms with van der Waals surface area (Å²) in [5.41, 5.74) is 4.92. The first kappa shape index (κ1) is 23.1. The van der Waals surface area contributed by atoms with Crippen molar-refractivity contribution in [1.82, 2.24) is 5.43 Å². The lowest BCUT2D eigenvalue weighted by Crippen LogP contribution is -2.22. The molecular weight excluding hydrogens is 539 g/mol. The molecule has 0 aliphatic heterocycles. The number of methoxy groups -OCH3 is 1. The second-order valence-electron chi connectivity index (χ2n) is 9.53. The first-order valence-electron chi connectivity index (χ1n) is 11.8. The number of rotatable bonds is 7. The highest BCUT2D eigenvalue weighted by Crippen LogP contribution is 2.66. The van der Waals surface area contributed by atoms with Crippen molar-refractivity contribution in [1.29, 1.82) is 0 Å². The van der Waals surface area contributed by atoms with Gasteiger partial charge in [0.15, 0.2) is 11.5 Å². The van der Waals surface area contributed by atoms with Gasteiger partial charge in [-0.25, -0.2) is 5.43 Å². The summed E-state index contributed by atoms with van der Waals surface area (Å²) in [6, 6.07) is 18.4. The van der Waals surface area contributed by atoms with E-state index in [9.17, 15) is 4.79 Å². The Morgan fingerprint density at radius 1 is 1.21 bits per heavy atom. The fourth-order valence-corrected chi connectivity index (χ4v) is 6.39. The number of hydrogen-bond acceptors (Lipinski definition) is 4. The van der Waals surface area contributed by atoms with Gasteiger partial charge in [-0.05, 0) is 80.8 Å². The van der Waals surface area contributed by atoms with Crippen LogP contribution in [0.3, 0.4) is 0 Å². The monoisotopic (exact) mass is 568 g/mol. The molecule has 6 heteroatoms. The third kappa shape index (κ3) is 4.40. The topological polar surface area (TPSA) is 59.9 Å². The summed E-state index contributed by atoms with van der Waals surface area (Å²) in [4.78, 5) is 12.7. The van der Waals surface area contributed by atoms with E-state index in [4.69, 9.17) is 9.47 Å². The van der Waals surface area contributed by atoms with E-state index in [0.717, 1.165) is 27.5 Å². The Morgan fingerprint density at radius 2 is 2.03 bits per heavy atom. The van der Waals surface area contributed by atoms with E-state index in [1.54, 1.807) is 13.3 Å². The van der Waals surface area contributed by atoms with Gasteiger partial charge in [-0.15, -0.1) is 0 Å². The highest BCUT2D eigenvalue weighted by atomic mass is 127. The van der Waals surface area contributed by atoms with Crippen LogP contribution in [0.25, 0.3) is 10.8 Å². The van der Waals surface area contributed by atoms with E-state index in [1.165, 1.54) is 23.6 Å². The van der Waals surface area contributed by atoms with Crippen molar-refractivity contribution in [2.24, 2.45) is 22.4 Å². The second kappa shape index (κ2) is 9.56. The number of halogens is 1. The molecule has 2 aliphatic carbocycles. The standard InChI is InChI=1S/C28H29IN2O3/c1-28-13-6-5-12-22(28)25(28)27(32)31-30-16-18-14-23(29)26(24(15-18)33-2)34-17-20-10-7-9-19-8-3-4-11-21(19)20/h3-4,7-11,14-16,22,25H,5-6,12-13,17H2,1-2H3,(H,31,32)/b30-16-/t22-,25+,28+/m1/s1. The molecule has 0 spiro atoms. The number of nitrogens with zero attached hydrogens (tertiary/aromatic N) is 1. The molecule has 0 aromatic heterocycles. The molecule has 0 radical (unpaired) electrons. The van der Waals surface area contributed by atoms with Crippen molar-refractivity contribution in [3.63, 3.8) is 0 Å². The summed E-state index contributed by atoms with van der Waals surface area (Å²) >= 11 is 2.25. The largest absolute Gasteiger partial charge is 0.493 e. The summed E-state index contributed by atoms with van der Waals surface area (Å²) in [6.45, 7) is 2.69. The SMILES string of the molecule is COc1cc(/C=N\NC(=O)[C@@H]2[C@H]3CCCC[C@@]32C)cc(I)c1OCc1cccc2ccccc12. The Morgan fingerprint density at radius 3 is 2.82 bits per heavy atom. The first-order chi connectivity index (χ1) is 16.5. The Balaban J connectivity index is 1.26. The molecule has 0 heterocycles. The van der Waals surface area contributed by atoms with Crippen LogP contribution in [0.4, 0.5) is 0 Å². The zero-order valence-corrected chi connectivity index (χ0v) is 21.7. The van der Waals surface area contributed by atoms with Gasteiger partial charge in [0, 0.05) is 5.92 Å². The number of carbonyl (C=O) groups excluding carboxylic acids is 1. The van der Waals surface area contributed by atoms with Crippen LogP contribution in [0.5, 0.6) is 11.5 Å². The van der Waals surface area contributed by atoms with Crippen molar-refractivity contribution >= 4 is 45.5 Å². The lowest BCUT2D eigenvalue weighted by Gasteiger charge is -2.15. The molecule has 1 N–H and O–H groups in total. The predicted molar refractivity (Wildman–Crippen MR) is 143 cm³/mol. The number of amides is 1. The first-order valence-corrected chi connectivity index (χ1v) is 12.9. The number of carbonyl (C=O) groups is 1. The van der Waals surface area contributed by atoms with Gasteiger partial charge in [0.25, 0.3) is 0 Å². The minimum Gasteiger partial charge on any atom is -0.493 e. The van der Waals surface area contributed by atoms with E-state index in [1.807, 2.05) is 30.3 Å². The molecule has 0 saturated heterocycles. The molecule has 2 saturated carbocycles. The van der Waals surface area contributed by atoms with Crippen molar-refractivity contribution in [2.45, 2.75) is 39.2 Å². The molecule has 176 valence electrons. The Bertz CT molecular complexity index is 1250. The lowest BCUT2D eigenvalue weighted by atomic mass is 9.90. The van der Waals surface area contributed by atoms with Crippen LogP contribution in [-0.2, 0) is 11.4 Å². The average molecular weight is 568 g/mol. The smallest absolute Gasteiger partial charge is 0.244 e. The normalized spacial score (nSPS) is 23.5. The Hall–Kier alpha value is -2.61. The summed E-state index contributed by atoms with van der Waals surface area (Å²) < 4.78 is 12.7.